The molecule has 0 aliphatic rings. The third kappa shape index (κ3) is 6.72. The predicted octanol–water partition coefficient (Wildman–Crippen LogP) is 4.20. The summed E-state index contributed by atoms with van der Waals surface area (Å²) in [5.74, 6) is -0.664. The van der Waals surface area contributed by atoms with Gasteiger partial charge in [0.2, 0.25) is 11.8 Å². The average Bonchev–Trinajstić information content (AvgIpc) is 2.65. The van der Waals surface area contributed by atoms with E-state index in [1.165, 1.54) is 29.5 Å². The van der Waals surface area contributed by atoms with Gasteiger partial charge in [0.05, 0.1) is 5.56 Å². The van der Waals surface area contributed by atoms with Crippen molar-refractivity contribution in [2.45, 2.75) is 32.4 Å². The van der Waals surface area contributed by atoms with E-state index in [1.807, 2.05) is 30.3 Å². The molecule has 150 valence electrons. The minimum absolute atomic E-state index is 0.0150. The number of hydrogen-bond acceptors (Lipinski definition) is 2. The summed E-state index contributed by atoms with van der Waals surface area (Å²) in [7, 11) is 0. The predicted molar refractivity (Wildman–Crippen MR) is 102 cm³/mol. The number of nitrogens with zero attached hydrogens (tertiary/aromatic N) is 1. The fourth-order valence-corrected chi connectivity index (χ4v) is 2.79. The van der Waals surface area contributed by atoms with Crippen LogP contribution in [0.5, 0.6) is 0 Å². The number of benzene rings is 2. The number of carbonyl (C=O) groups is 2. The van der Waals surface area contributed by atoms with Gasteiger partial charge in [-0.05, 0) is 36.6 Å². The van der Waals surface area contributed by atoms with E-state index >= 15 is 0 Å². The molecule has 28 heavy (non-hydrogen) atoms. The second-order valence-electron chi connectivity index (χ2n) is 6.41. The maximum atomic E-state index is 12.9. The monoisotopic (exact) mass is 392 g/mol. The minimum Gasteiger partial charge on any atom is -0.356 e. The topological polar surface area (TPSA) is 49.4 Å². The molecular formula is C21H23F3N2O2. The lowest BCUT2D eigenvalue weighted by Crippen LogP contribution is -2.34. The Balaban J connectivity index is 1.84. The van der Waals surface area contributed by atoms with Crippen LogP contribution in [-0.2, 0) is 22.2 Å². The molecule has 2 amide bonds. The van der Waals surface area contributed by atoms with Crippen LogP contribution in [0, 0.1) is 0 Å². The Hall–Kier alpha value is -2.83. The molecule has 0 saturated heterocycles. The van der Waals surface area contributed by atoms with Crippen molar-refractivity contribution in [3.8, 4) is 0 Å². The maximum absolute atomic E-state index is 12.9. The number of carbonyl (C=O) groups excluding carboxylic acids is 2. The van der Waals surface area contributed by atoms with Crippen molar-refractivity contribution >= 4 is 17.5 Å². The number of halogens is 3. The second kappa shape index (κ2) is 9.92. The quantitative estimate of drug-likeness (QED) is 0.685. The summed E-state index contributed by atoms with van der Waals surface area (Å²) in [6.45, 7) is 1.77. The molecule has 1 N–H and O–H groups in total. The van der Waals surface area contributed by atoms with Crippen LogP contribution in [-0.4, -0.2) is 24.9 Å². The normalized spacial score (nSPS) is 11.1. The Morgan fingerprint density at radius 1 is 1.04 bits per heavy atom. The zero-order chi connectivity index (χ0) is 20.6. The van der Waals surface area contributed by atoms with Gasteiger partial charge in [-0.1, -0.05) is 36.4 Å². The zero-order valence-corrected chi connectivity index (χ0v) is 15.6. The van der Waals surface area contributed by atoms with Crippen molar-refractivity contribution in [2.24, 2.45) is 0 Å². The highest BCUT2D eigenvalue weighted by molar-refractivity contribution is 5.92. The summed E-state index contributed by atoms with van der Waals surface area (Å²) in [6, 6.07) is 14.4. The van der Waals surface area contributed by atoms with Gasteiger partial charge in [-0.2, -0.15) is 13.2 Å². The van der Waals surface area contributed by atoms with Gasteiger partial charge >= 0.3 is 6.18 Å². The van der Waals surface area contributed by atoms with E-state index in [0.29, 0.717) is 6.54 Å². The number of alkyl halides is 3. The first-order valence-corrected chi connectivity index (χ1v) is 9.03. The Kier molecular flexibility index (Phi) is 7.61. The molecule has 0 unspecified atom stereocenters. The molecule has 0 aromatic heterocycles. The number of rotatable bonds is 8. The molecule has 2 aromatic carbocycles. The summed E-state index contributed by atoms with van der Waals surface area (Å²) in [6.07, 6.45) is -2.86. The molecule has 0 aliphatic heterocycles. The van der Waals surface area contributed by atoms with Crippen LogP contribution in [0.4, 0.5) is 18.9 Å². The first-order valence-electron chi connectivity index (χ1n) is 9.03. The standard InChI is InChI=1S/C21H23F3N2O2/c1-16(27)26(19-11-5-10-18(15-19)21(22,23)24)14-12-20(28)25-13-6-9-17-7-3-2-4-8-17/h2-5,7-8,10-11,15H,6,9,12-14H2,1H3,(H,25,28). The Bertz CT molecular complexity index is 792. The van der Waals surface area contributed by atoms with Crippen LogP contribution >= 0.6 is 0 Å². The zero-order valence-electron chi connectivity index (χ0n) is 15.6. The lowest BCUT2D eigenvalue weighted by Gasteiger charge is -2.22. The molecule has 2 rings (SSSR count). The molecule has 4 nitrogen and oxygen atoms in total. The van der Waals surface area contributed by atoms with Gasteiger partial charge in [0.25, 0.3) is 0 Å². The van der Waals surface area contributed by atoms with E-state index < -0.39 is 17.6 Å². The highest BCUT2D eigenvalue weighted by Gasteiger charge is 2.31. The Labute approximate surface area is 162 Å². The summed E-state index contributed by atoms with van der Waals surface area (Å²) in [4.78, 5) is 25.0. The van der Waals surface area contributed by atoms with Gasteiger partial charge in [0.1, 0.15) is 0 Å². The molecule has 0 saturated carbocycles. The smallest absolute Gasteiger partial charge is 0.356 e. The van der Waals surface area contributed by atoms with Gasteiger partial charge < -0.3 is 10.2 Å². The van der Waals surface area contributed by atoms with Crippen LogP contribution < -0.4 is 10.2 Å². The molecule has 0 atom stereocenters. The van der Waals surface area contributed by atoms with E-state index in [-0.39, 0.29) is 24.6 Å². The molecule has 0 bridgehead atoms. The number of anilines is 1. The van der Waals surface area contributed by atoms with E-state index in [1.54, 1.807) is 0 Å². The molecule has 2 aromatic rings. The minimum atomic E-state index is -4.49. The summed E-state index contributed by atoms with van der Waals surface area (Å²) >= 11 is 0. The van der Waals surface area contributed by atoms with E-state index in [4.69, 9.17) is 0 Å². The lowest BCUT2D eigenvalue weighted by molar-refractivity contribution is -0.137. The SMILES string of the molecule is CC(=O)N(CCC(=O)NCCCc1ccccc1)c1cccc(C(F)(F)F)c1. The van der Waals surface area contributed by atoms with Crippen LogP contribution in [0.3, 0.4) is 0 Å². The first kappa shape index (κ1) is 21.5. The largest absolute Gasteiger partial charge is 0.416 e. The highest BCUT2D eigenvalue weighted by atomic mass is 19.4. The fraction of sp³-hybridized carbons (Fsp3) is 0.333. The lowest BCUT2D eigenvalue weighted by atomic mass is 10.1. The third-order valence-electron chi connectivity index (χ3n) is 4.23. The Morgan fingerprint density at radius 3 is 2.39 bits per heavy atom. The molecule has 0 radical (unpaired) electrons. The van der Waals surface area contributed by atoms with Crippen LogP contribution in [0.15, 0.2) is 54.6 Å². The maximum Gasteiger partial charge on any atom is 0.416 e. The third-order valence-corrected chi connectivity index (χ3v) is 4.23. The van der Waals surface area contributed by atoms with Crippen molar-refractivity contribution in [2.75, 3.05) is 18.0 Å². The van der Waals surface area contributed by atoms with Crippen molar-refractivity contribution in [3.63, 3.8) is 0 Å². The molecule has 0 fully saturated rings. The summed E-state index contributed by atoms with van der Waals surface area (Å²) in [5.41, 5.74) is 0.477. The summed E-state index contributed by atoms with van der Waals surface area (Å²) < 4.78 is 38.6. The van der Waals surface area contributed by atoms with E-state index in [9.17, 15) is 22.8 Å². The van der Waals surface area contributed by atoms with Crippen LogP contribution in [0.2, 0.25) is 0 Å². The molecule has 0 aliphatic carbocycles. The first-order chi connectivity index (χ1) is 13.3. The molecule has 0 spiro atoms. The number of amides is 2. The van der Waals surface area contributed by atoms with Gasteiger partial charge in [-0.25, -0.2) is 0 Å². The van der Waals surface area contributed by atoms with Crippen molar-refractivity contribution in [1.29, 1.82) is 0 Å². The Morgan fingerprint density at radius 2 is 1.75 bits per heavy atom. The summed E-state index contributed by atoms with van der Waals surface area (Å²) in [5, 5.41) is 2.78. The van der Waals surface area contributed by atoms with Gasteiger partial charge in [-0.3, -0.25) is 9.59 Å². The fourth-order valence-electron chi connectivity index (χ4n) is 2.79. The van der Waals surface area contributed by atoms with E-state index in [2.05, 4.69) is 5.32 Å². The number of nitrogens with one attached hydrogen (secondary N) is 1. The van der Waals surface area contributed by atoms with Crippen molar-refractivity contribution in [1.82, 2.24) is 5.32 Å². The van der Waals surface area contributed by atoms with Gasteiger partial charge in [-0.15, -0.1) is 0 Å². The number of aryl methyl sites for hydroxylation is 1. The van der Waals surface area contributed by atoms with Gasteiger partial charge in [0.15, 0.2) is 0 Å². The molecular weight excluding hydrogens is 369 g/mol. The highest BCUT2D eigenvalue weighted by Crippen LogP contribution is 2.31. The number of hydrogen-bond donors (Lipinski definition) is 1. The van der Waals surface area contributed by atoms with Gasteiger partial charge in [0, 0.05) is 32.1 Å². The molecule has 7 heteroatoms. The average molecular weight is 392 g/mol. The van der Waals surface area contributed by atoms with Crippen LogP contribution in [0.25, 0.3) is 0 Å². The van der Waals surface area contributed by atoms with Crippen LogP contribution in [0.1, 0.15) is 30.9 Å². The molecule has 0 heterocycles. The second-order valence-corrected chi connectivity index (χ2v) is 6.41. The van der Waals surface area contributed by atoms with Crippen molar-refractivity contribution in [3.05, 3.63) is 65.7 Å². The van der Waals surface area contributed by atoms with E-state index in [0.717, 1.165) is 25.0 Å². The van der Waals surface area contributed by atoms with Crippen molar-refractivity contribution < 1.29 is 22.8 Å².